The van der Waals surface area contributed by atoms with E-state index in [0.717, 1.165) is 97.4 Å². The molecule has 0 spiro atoms. The fourth-order valence-corrected chi connectivity index (χ4v) is 9.57. The number of carbonyl (C=O) groups excluding carboxylic acids is 2. The van der Waals surface area contributed by atoms with Crippen molar-refractivity contribution < 1.29 is 24.2 Å². The Morgan fingerprint density at radius 1 is 0.780 bits per heavy atom. The van der Waals surface area contributed by atoms with Gasteiger partial charge in [-0.25, -0.2) is 9.59 Å². The van der Waals surface area contributed by atoms with Crippen molar-refractivity contribution in [3.63, 3.8) is 0 Å². The summed E-state index contributed by atoms with van der Waals surface area (Å²) in [5.74, 6) is -1.36. The van der Waals surface area contributed by atoms with Crippen LogP contribution in [0.15, 0.2) is 81.0 Å². The topological polar surface area (TPSA) is 148 Å². The van der Waals surface area contributed by atoms with Crippen LogP contribution in [-0.2, 0) is 40.0 Å². The van der Waals surface area contributed by atoms with Gasteiger partial charge in [0.1, 0.15) is 11.6 Å². The van der Waals surface area contributed by atoms with E-state index in [4.69, 9.17) is 43.6 Å². The number of benzene rings is 2. The van der Waals surface area contributed by atoms with E-state index in [1.165, 1.54) is 27.2 Å². The Morgan fingerprint density at radius 2 is 1.29 bits per heavy atom. The quantitative estimate of drug-likeness (QED) is 0.180. The number of rotatable bonds is 2. The summed E-state index contributed by atoms with van der Waals surface area (Å²) in [4.78, 5) is 47.5. The van der Waals surface area contributed by atoms with Crippen LogP contribution in [0.1, 0.15) is 91.2 Å². The Bertz CT molecular complexity index is 2300. The summed E-state index contributed by atoms with van der Waals surface area (Å²) in [6.45, 7) is 6.31. The molecule has 4 aromatic rings. The molecule has 0 saturated carbocycles. The van der Waals surface area contributed by atoms with E-state index in [2.05, 4.69) is 55.4 Å². The molecule has 308 valence electrons. The number of nitrogens with two attached hydrogens (primary N) is 1. The SMILES string of the molecule is CC(C)(C)OC(=O)N1CC/C(=C2/c3ccc(Cl)cc3CCc3cc(Br)cnc32)CC1C(=O)O.NC(=O)C1C/C(=C2\c3ccc(Cl)cc3CCc3cc(Br)cnc32)CCN1. The third kappa shape index (κ3) is 9.78. The largest absolute Gasteiger partial charge is 0.480 e. The highest BCUT2D eigenvalue weighted by Gasteiger charge is 2.38. The molecule has 4 aliphatic rings. The third-order valence-corrected chi connectivity index (χ3v) is 12.4. The summed E-state index contributed by atoms with van der Waals surface area (Å²) in [6, 6.07) is 14.8. The average molecular weight is 967 g/mol. The fourth-order valence-electron chi connectivity index (χ4n) is 8.42. The number of aryl methyl sites for hydroxylation is 4. The van der Waals surface area contributed by atoms with Gasteiger partial charge in [-0.2, -0.15) is 0 Å². The number of piperidine rings is 2. The number of halogens is 4. The van der Waals surface area contributed by atoms with Crippen molar-refractivity contribution in [1.82, 2.24) is 20.2 Å². The molecule has 2 aromatic heterocycles. The van der Waals surface area contributed by atoms with Crippen LogP contribution in [-0.4, -0.2) is 68.7 Å². The van der Waals surface area contributed by atoms with Crippen LogP contribution in [0.2, 0.25) is 10.0 Å². The molecule has 2 atom stereocenters. The number of pyridine rings is 2. The smallest absolute Gasteiger partial charge is 0.411 e. The maximum Gasteiger partial charge on any atom is 0.411 e. The molecule has 4 heterocycles. The van der Waals surface area contributed by atoms with Crippen LogP contribution in [0.5, 0.6) is 0 Å². The maximum absolute atomic E-state index is 12.7. The summed E-state index contributed by atoms with van der Waals surface area (Å²) in [6.07, 6.45) is 8.68. The fraction of sp³-hybridized carbons (Fsp3) is 0.356. The number of nitrogens with zero attached hydrogens (tertiary/aromatic N) is 3. The Hall–Kier alpha value is -4.07. The van der Waals surface area contributed by atoms with Gasteiger partial charge in [0.05, 0.1) is 17.4 Å². The van der Waals surface area contributed by atoms with Crippen LogP contribution in [0.25, 0.3) is 11.1 Å². The minimum absolute atomic E-state index is 0.211. The van der Waals surface area contributed by atoms with Crippen molar-refractivity contribution in [2.45, 2.75) is 89.8 Å². The van der Waals surface area contributed by atoms with Crippen LogP contribution in [0.4, 0.5) is 4.79 Å². The Labute approximate surface area is 370 Å². The van der Waals surface area contributed by atoms with E-state index in [1.807, 2.05) is 36.5 Å². The second-order valence-electron chi connectivity index (χ2n) is 16.2. The normalized spacial score (nSPS) is 21.3. The number of primary amides is 1. The molecule has 2 aliphatic heterocycles. The average Bonchev–Trinajstić information content (AvgIpc) is 3.44. The number of nitrogens with one attached hydrogen (secondary N) is 1. The number of carboxylic acid groups (broad SMARTS) is 1. The molecule has 8 rings (SSSR count). The first kappa shape index (κ1) is 43.0. The number of carboxylic acids is 1. The Balaban J connectivity index is 0.000000184. The highest BCUT2D eigenvalue weighted by atomic mass is 79.9. The standard InChI is InChI=1S/C25H26BrClN2O4.C20H19BrClN3O/c1-25(2,3)33-24(32)29-9-8-15(12-20(29)23(30)31)21-19-7-6-18(27)11-14(19)4-5-16-10-17(26)13-28-22(16)21;21-14-7-13-2-1-11-8-15(22)3-4-16(11)18(19(13)25-10-14)12-5-6-24-17(9-12)20(23)26/h6-7,10-11,13,20H,4-5,8-9,12H2,1-3H3,(H,30,31);3-4,7-8,10,17,24H,1-2,5-6,9H2,(H2,23,26)/b21-15+;18-12+. The molecule has 10 nitrogen and oxygen atoms in total. The molecule has 2 amide bonds. The number of hydrogen-bond acceptors (Lipinski definition) is 7. The van der Waals surface area contributed by atoms with Crippen LogP contribution in [0, 0.1) is 0 Å². The van der Waals surface area contributed by atoms with E-state index in [9.17, 15) is 19.5 Å². The summed E-state index contributed by atoms with van der Waals surface area (Å²) in [5, 5.41) is 14.6. The van der Waals surface area contributed by atoms with Crippen molar-refractivity contribution in [3.05, 3.63) is 136 Å². The lowest BCUT2D eigenvalue weighted by atomic mass is 9.86. The molecule has 2 aliphatic carbocycles. The number of carbonyl (C=O) groups is 3. The predicted octanol–water partition coefficient (Wildman–Crippen LogP) is 9.52. The van der Waals surface area contributed by atoms with E-state index >= 15 is 0 Å². The number of likely N-dealkylation sites (tertiary alicyclic amines) is 1. The summed E-state index contributed by atoms with van der Waals surface area (Å²) in [5.41, 5.74) is 17.9. The van der Waals surface area contributed by atoms with Gasteiger partial charge in [0, 0.05) is 55.5 Å². The zero-order valence-electron chi connectivity index (χ0n) is 33.0. The predicted molar refractivity (Wildman–Crippen MR) is 237 cm³/mol. The molecular weight excluding hydrogens is 921 g/mol. The monoisotopic (exact) mass is 963 g/mol. The minimum Gasteiger partial charge on any atom is -0.480 e. The number of fused-ring (bicyclic) bond motifs is 4. The second kappa shape index (κ2) is 17.9. The molecule has 2 unspecified atom stereocenters. The van der Waals surface area contributed by atoms with Gasteiger partial charge < -0.3 is 20.9 Å². The van der Waals surface area contributed by atoms with Gasteiger partial charge in [0.25, 0.3) is 0 Å². The summed E-state index contributed by atoms with van der Waals surface area (Å²) >= 11 is 19.6. The minimum atomic E-state index is -1.05. The lowest BCUT2D eigenvalue weighted by Crippen LogP contribution is -2.50. The van der Waals surface area contributed by atoms with Gasteiger partial charge in [0.15, 0.2) is 0 Å². The Morgan fingerprint density at radius 3 is 1.78 bits per heavy atom. The first-order chi connectivity index (χ1) is 28.1. The number of amides is 2. The molecule has 59 heavy (non-hydrogen) atoms. The number of hydrogen-bond donors (Lipinski definition) is 3. The van der Waals surface area contributed by atoms with Crippen molar-refractivity contribution in [2.24, 2.45) is 5.73 Å². The molecule has 14 heteroatoms. The van der Waals surface area contributed by atoms with Crippen molar-refractivity contribution in [3.8, 4) is 0 Å². The lowest BCUT2D eigenvalue weighted by molar-refractivity contribution is -0.143. The molecule has 2 saturated heterocycles. The summed E-state index contributed by atoms with van der Waals surface area (Å²) < 4.78 is 7.35. The maximum atomic E-state index is 12.7. The van der Waals surface area contributed by atoms with Crippen LogP contribution < -0.4 is 11.1 Å². The van der Waals surface area contributed by atoms with Gasteiger partial charge in [-0.15, -0.1) is 0 Å². The molecule has 0 radical (unpaired) electrons. The van der Waals surface area contributed by atoms with E-state index in [1.54, 1.807) is 27.0 Å². The highest BCUT2D eigenvalue weighted by molar-refractivity contribution is 9.10. The second-order valence-corrected chi connectivity index (χ2v) is 18.9. The summed E-state index contributed by atoms with van der Waals surface area (Å²) in [7, 11) is 0. The number of aliphatic carboxylic acids is 1. The van der Waals surface area contributed by atoms with Crippen LogP contribution in [0.3, 0.4) is 0 Å². The van der Waals surface area contributed by atoms with Crippen molar-refractivity contribution >= 4 is 84.2 Å². The molecule has 2 aromatic carbocycles. The van der Waals surface area contributed by atoms with Gasteiger partial charge in [-0.05, 0) is 174 Å². The first-order valence-corrected chi connectivity index (χ1v) is 22.0. The molecule has 2 fully saturated rings. The van der Waals surface area contributed by atoms with E-state index in [-0.39, 0.29) is 24.9 Å². The molecular formula is C45H45Br2Cl2N5O5. The van der Waals surface area contributed by atoms with Crippen molar-refractivity contribution in [1.29, 1.82) is 0 Å². The first-order valence-electron chi connectivity index (χ1n) is 19.6. The molecule has 0 bridgehead atoms. The highest BCUT2D eigenvalue weighted by Crippen LogP contribution is 2.41. The third-order valence-electron chi connectivity index (χ3n) is 11.0. The van der Waals surface area contributed by atoms with E-state index in [0.29, 0.717) is 17.9 Å². The van der Waals surface area contributed by atoms with Crippen LogP contribution >= 0.6 is 55.1 Å². The van der Waals surface area contributed by atoms with Gasteiger partial charge in [0.2, 0.25) is 5.91 Å². The van der Waals surface area contributed by atoms with Gasteiger partial charge >= 0.3 is 12.1 Å². The van der Waals surface area contributed by atoms with E-state index < -0.39 is 23.7 Å². The number of ether oxygens (including phenoxy) is 1. The Kier molecular flexibility index (Phi) is 13.0. The molecule has 4 N–H and O–H groups in total. The zero-order chi connectivity index (χ0) is 42.2. The van der Waals surface area contributed by atoms with Crippen molar-refractivity contribution in [2.75, 3.05) is 13.1 Å². The van der Waals surface area contributed by atoms with Gasteiger partial charge in [-0.3, -0.25) is 19.7 Å². The van der Waals surface area contributed by atoms with Gasteiger partial charge in [-0.1, -0.05) is 46.5 Å². The lowest BCUT2D eigenvalue weighted by Gasteiger charge is -2.36. The zero-order valence-corrected chi connectivity index (χ0v) is 37.7. The number of aromatic nitrogens is 2.